The number of nitrogens with zero attached hydrogens (tertiary/aromatic N) is 1. The quantitative estimate of drug-likeness (QED) is 0.791. The summed E-state index contributed by atoms with van der Waals surface area (Å²) in [4.78, 5) is 27.5. The zero-order valence-electron chi connectivity index (χ0n) is 17.5. The van der Waals surface area contributed by atoms with E-state index in [-0.39, 0.29) is 11.3 Å². The molecule has 3 aliphatic rings. The number of rotatable bonds is 6. The fourth-order valence-electron chi connectivity index (χ4n) is 4.77. The number of benzene rings is 2. The van der Waals surface area contributed by atoms with Crippen molar-refractivity contribution in [3.05, 3.63) is 71.3 Å². The maximum atomic E-state index is 13.2. The van der Waals surface area contributed by atoms with Crippen LogP contribution in [0.25, 0.3) is 0 Å². The first-order valence-electron chi connectivity index (χ1n) is 11.4. The highest BCUT2D eigenvalue weighted by atomic mass is 16.2. The number of hydrogen-bond donors (Lipinski definition) is 1. The van der Waals surface area contributed by atoms with Gasteiger partial charge in [0.2, 0.25) is 5.91 Å². The predicted octanol–water partition coefficient (Wildman–Crippen LogP) is 4.09. The fourth-order valence-corrected chi connectivity index (χ4v) is 4.77. The minimum atomic E-state index is -0.245. The molecule has 4 nitrogen and oxygen atoms in total. The number of nitrogens with one attached hydrogen (secondary N) is 1. The van der Waals surface area contributed by atoms with E-state index in [1.165, 1.54) is 11.1 Å². The zero-order valence-corrected chi connectivity index (χ0v) is 17.5. The lowest BCUT2D eigenvalue weighted by molar-refractivity contribution is -0.135. The summed E-state index contributed by atoms with van der Waals surface area (Å²) in [5.74, 6) is 0.980. The first-order valence-corrected chi connectivity index (χ1v) is 11.4. The number of hydrogen-bond acceptors (Lipinski definition) is 2. The molecule has 4 heteroatoms. The van der Waals surface area contributed by atoms with Gasteiger partial charge in [0.1, 0.15) is 0 Å². The van der Waals surface area contributed by atoms with Crippen LogP contribution in [0.4, 0.5) is 0 Å². The molecule has 0 spiro atoms. The molecule has 2 amide bonds. The second-order valence-corrected chi connectivity index (χ2v) is 9.33. The van der Waals surface area contributed by atoms with Crippen LogP contribution in [0, 0.1) is 5.92 Å². The van der Waals surface area contributed by atoms with Gasteiger partial charge in [-0.15, -0.1) is 0 Å². The summed E-state index contributed by atoms with van der Waals surface area (Å²) in [5, 5.41) is 3.04. The molecule has 2 aliphatic carbocycles. The third-order valence-corrected chi connectivity index (χ3v) is 7.04. The van der Waals surface area contributed by atoms with Crippen molar-refractivity contribution in [2.45, 2.75) is 56.4 Å². The smallest absolute Gasteiger partial charge is 0.251 e. The van der Waals surface area contributed by atoms with Crippen LogP contribution in [-0.4, -0.2) is 35.8 Å². The van der Waals surface area contributed by atoms with E-state index in [2.05, 4.69) is 34.5 Å². The lowest BCUT2D eigenvalue weighted by atomic mass is 9.88. The molecule has 0 radical (unpaired) electrons. The summed E-state index contributed by atoms with van der Waals surface area (Å²) in [7, 11) is 0. The van der Waals surface area contributed by atoms with E-state index >= 15 is 0 Å². The van der Waals surface area contributed by atoms with Crippen molar-refractivity contribution in [3.63, 3.8) is 0 Å². The molecule has 0 unspecified atom stereocenters. The summed E-state index contributed by atoms with van der Waals surface area (Å²) in [6.45, 7) is 1.72. The molecule has 0 atom stereocenters. The van der Waals surface area contributed by atoms with Crippen LogP contribution in [-0.2, 0) is 16.6 Å². The monoisotopic (exact) mass is 402 g/mol. The topological polar surface area (TPSA) is 49.4 Å². The normalized spacial score (nSPS) is 20.6. The molecule has 2 aromatic carbocycles. The van der Waals surface area contributed by atoms with Crippen molar-refractivity contribution < 1.29 is 9.59 Å². The lowest BCUT2D eigenvalue weighted by Crippen LogP contribution is -2.44. The van der Waals surface area contributed by atoms with E-state index in [1.54, 1.807) is 0 Å². The van der Waals surface area contributed by atoms with Crippen LogP contribution >= 0.6 is 0 Å². The highest BCUT2D eigenvalue weighted by molar-refractivity contribution is 5.94. The van der Waals surface area contributed by atoms with Gasteiger partial charge in [-0.1, -0.05) is 42.5 Å². The Hall–Kier alpha value is -2.62. The summed E-state index contributed by atoms with van der Waals surface area (Å²) in [5.41, 5.74) is 2.97. The highest BCUT2D eigenvalue weighted by Gasteiger charge is 2.53. The third-order valence-electron chi connectivity index (χ3n) is 7.04. The molecule has 1 saturated heterocycles. The lowest BCUT2D eigenvalue weighted by Gasteiger charge is -2.34. The molecule has 0 aromatic heterocycles. The Labute approximate surface area is 178 Å². The number of amides is 2. The van der Waals surface area contributed by atoms with Crippen LogP contribution in [0.1, 0.15) is 60.0 Å². The fraction of sp³-hybridized carbons (Fsp3) is 0.462. The van der Waals surface area contributed by atoms with Gasteiger partial charge in [0.05, 0.1) is 5.41 Å². The van der Waals surface area contributed by atoms with Crippen molar-refractivity contribution in [1.82, 2.24) is 10.2 Å². The average molecular weight is 403 g/mol. The van der Waals surface area contributed by atoms with E-state index in [0.29, 0.717) is 17.9 Å². The molecule has 2 saturated carbocycles. The van der Waals surface area contributed by atoms with Crippen LogP contribution in [0.3, 0.4) is 0 Å². The zero-order chi connectivity index (χ0) is 20.6. The SMILES string of the molecule is O=C(NC1CC1)c1ccc(CC2CCN(C(=O)C3(c4ccccc4)CC3)CC2)cc1. The second-order valence-electron chi connectivity index (χ2n) is 9.33. The van der Waals surface area contributed by atoms with Crippen LogP contribution in [0.15, 0.2) is 54.6 Å². The number of piperidine rings is 1. The van der Waals surface area contributed by atoms with Gasteiger partial charge in [0, 0.05) is 24.7 Å². The Morgan fingerprint density at radius 3 is 2.17 bits per heavy atom. The van der Waals surface area contributed by atoms with Gasteiger partial charge in [-0.3, -0.25) is 9.59 Å². The van der Waals surface area contributed by atoms with Crippen molar-refractivity contribution in [2.75, 3.05) is 13.1 Å². The summed E-state index contributed by atoms with van der Waals surface area (Å²) in [6.07, 6.45) is 7.32. The molecule has 2 aromatic rings. The Morgan fingerprint density at radius 2 is 1.57 bits per heavy atom. The Kier molecular flexibility index (Phi) is 5.10. The van der Waals surface area contributed by atoms with Gasteiger partial charge >= 0.3 is 0 Å². The van der Waals surface area contributed by atoms with E-state index in [1.807, 2.05) is 30.3 Å². The third kappa shape index (κ3) is 4.00. The molecule has 0 bridgehead atoms. The number of likely N-dealkylation sites (tertiary alicyclic amines) is 1. The Morgan fingerprint density at radius 1 is 0.900 bits per heavy atom. The first-order chi connectivity index (χ1) is 14.6. The molecule has 156 valence electrons. The van der Waals surface area contributed by atoms with Gasteiger partial charge in [-0.05, 0) is 74.1 Å². The molecule has 3 fully saturated rings. The van der Waals surface area contributed by atoms with E-state index < -0.39 is 0 Å². The first kappa shape index (κ1) is 19.3. The maximum absolute atomic E-state index is 13.2. The average Bonchev–Trinajstić information content (AvgIpc) is 3.71. The largest absolute Gasteiger partial charge is 0.349 e. The minimum Gasteiger partial charge on any atom is -0.349 e. The Balaban J connectivity index is 1.14. The van der Waals surface area contributed by atoms with E-state index in [0.717, 1.165) is 63.6 Å². The second kappa shape index (κ2) is 7.90. The number of carbonyl (C=O) groups is 2. The molecule has 30 heavy (non-hydrogen) atoms. The van der Waals surface area contributed by atoms with Crippen molar-refractivity contribution in [2.24, 2.45) is 5.92 Å². The van der Waals surface area contributed by atoms with Gasteiger partial charge in [-0.25, -0.2) is 0 Å². The number of carbonyl (C=O) groups excluding carboxylic acids is 2. The minimum absolute atomic E-state index is 0.0447. The van der Waals surface area contributed by atoms with Gasteiger partial charge in [-0.2, -0.15) is 0 Å². The van der Waals surface area contributed by atoms with Gasteiger partial charge in [0.15, 0.2) is 0 Å². The van der Waals surface area contributed by atoms with Crippen molar-refractivity contribution in [1.29, 1.82) is 0 Å². The molecule has 1 aliphatic heterocycles. The summed E-state index contributed by atoms with van der Waals surface area (Å²) in [6, 6.07) is 18.8. The summed E-state index contributed by atoms with van der Waals surface area (Å²) >= 11 is 0. The Bertz CT molecular complexity index is 906. The van der Waals surface area contributed by atoms with E-state index in [9.17, 15) is 9.59 Å². The molecule has 1 heterocycles. The van der Waals surface area contributed by atoms with Crippen LogP contribution in [0.5, 0.6) is 0 Å². The molecule has 5 rings (SSSR count). The van der Waals surface area contributed by atoms with Crippen LogP contribution < -0.4 is 5.32 Å². The van der Waals surface area contributed by atoms with Gasteiger partial charge < -0.3 is 10.2 Å². The molecule has 1 N–H and O–H groups in total. The summed E-state index contributed by atoms with van der Waals surface area (Å²) < 4.78 is 0. The van der Waals surface area contributed by atoms with Crippen LogP contribution in [0.2, 0.25) is 0 Å². The molecular formula is C26H30N2O2. The molecular weight excluding hydrogens is 372 g/mol. The van der Waals surface area contributed by atoms with Gasteiger partial charge in [0.25, 0.3) is 5.91 Å². The van der Waals surface area contributed by atoms with E-state index in [4.69, 9.17) is 0 Å². The highest BCUT2D eigenvalue weighted by Crippen LogP contribution is 2.50. The van der Waals surface area contributed by atoms with Crippen molar-refractivity contribution >= 4 is 11.8 Å². The standard InChI is InChI=1S/C26H30N2O2/c29-24(27-23-10-11-23)21-8-6-19(7-9-21)18-20-12-16-28(17-13-20)25(30)26(14-15-26)22-4-2-1-3-5-22/h1-9,20,23H,10-18H2,(H,27,29). The predicted molar refractivity (Wildman–Crippen MR) is 117 cm³/mol. The maximum Gasteiger partial charge on any atom is 0.251 e. The van der Waals surface area contributed by atoms with Crippen molar-refractivity contribution in [3.8, 4) is 0 Å².